The normalized spacial score (nSPS) is 16.8. The van der Waals surface area contributed by atoms with E-state index in [1.165, 1.54) is 28.4 Å². The van der Waals surface area contributed by atoms with Gasteiger partial charge < -0.3 is 9.47 Å². The Labute approximate surface area is 179 Å². The molecule has 1 atom stereocenters. The molecule has 1 aliphatic rings. The lowest BCUT2D eigenvalue weighted by Crippen LogP contribution is -2.46. The maximum absolute atomic E-state index is 13.2. The summed E-state index contributed by atoms with van der Waals surface area (Å²) >= 11 is 7.49. The van der Waals surface area contributed by atoms with Gasteiger partial charge in [0.1, 0.15) is 0 Å². The van der Waals surface area contributed by atoms with Crippen molar-refractivity contribution in [2.75, 3.05) is 0 Å². The van der Waals surface area contributed by atoms with E-state index >= 15 is 0 Å². The molecule has 0 saturated heterocycles. The van der Waals surface area contributed by atoms with Gasteiger partial charge in [0.25, 0.3) is 5.91 Å². The number of alkyl halides is 3. The molecule has 1 amide bonds. The van der Waals surface area contributed by atoms with Crippen LogP contribution in [0.3, 0.4) is 0 Å². The highest BCUT2D eigenvalue weighted by Crippen LogP contribution is 2.37. The largest absolute Gasteiger partial charge is 0.417 e. The molecule has 4 rings (SSSR count). The number of nitrogens with zero attached hydrogens (tertiary/aromatic N) is 5. The Morgan fingerprint density at radius 2 is 1.93 bits per heavy atom. The molecule has 3 aromatic rings. The van der Waals surface area contributed by atoms with Crippen LogP contribution in [0.5, 0.6) is 0 Å². The first kappa shape index (κ1) is 20.8. The topological polar surface area (TPSA) is 63.9 Å². The third-order valence-corrected chi connectivity index (χ3v) is 6.53. The zero-order valence-corrected chi connectivity index (χ0v) is 17.9. The van der Waals surface area contributed by atoms with Crippen molar-refractivity contribution in [2.45, 2.75) is 46.1 Å². The minimum Gasteiger partial charge on any atom is -0.327 e. The molecule has 2 aromatic heterocycles. The van der Waals surface area contributed by atoms with Gasteiger partial charge in [-0.1, -0.05) is 23.7 Å². The minimum atomic E-state index is -4.57. The third kappa shape index (κ3) is 3.47. The number of aromatic nitrogens is 4. The summed E-state index contributed by atoms with van der Waals surface area (Å²) < 4.78 is 41.2. The van der Waals surface area contributed by atoms with Crippen LogP contribution in [0.15, 0.2) is 18.2 Å². The van der Waals surface area contributed by atoms with Crippen molar-refractivity contribution in [3.63, 3.8) is 0 Å². The van der Waals surface area contributed by atoms with Crippen LogP contribution < -0.4 is 0 Å². The molecule has 0 radical (unpaired) electrons. The minimum absolute atomic E-state index is 0.0519. The second-order valence-corrected chi connectivity index (χ2v) is 8.74. The average Bonchev–Trinajstić information content (AvgIpc) is 3.21. The Bertz CT molecular complexity index is 1140. The molecule has 0 fully saturated rings. The van der Waals surface area contributed by atoms with Gasteiger partial charge in [0, 0.05) is 19.1 Å². The molecule has 6 nitrogen and oxygen atoms in total. The molecule has 0 N–H and O–H groups in total. The standard InChI is InChI=1S/C19H17ClF3N5OS/c1-9-7-28-16(15-10(2)24-11(3)30-15)25-26-17(28)18(29)27(9)8-12-5-4-6-13(14(12)20)19(21,22)23/h4-6,9H,7-8H2,1-3H3/t9-/m0/s1. The van der Waals surface area contributed by atoms with E-state index in [1.807, 2.05) is 20.8 Å². The molecule has 0 saturated carbocycles. The van der Waals surface area contributed by atoms with E-state index in [-0.39, 0.29) is 24.0 Å². The molecule has 0 unspecified atom stereocenters. The van der Waals surface area contributed by atoms with Crippen LogP contribution in [-0.2, 0) is 19.3 Å². The maximum atomic E-state index is 13.2. The maximum Gasteiger partial charge on any atom is 0.417 e. The molecular formula is C19H17ClF3N5OS. The van der Waals surface area contributed by atoms with E-state index in [9.17, 15) is 18.0 Å². The van der Waals surface area contributed by atoms with Gasteiger partial charge in [0.15, 0.2) is 5.82 Å². The zero-order chi connectivity index (χ0) is 21.8. The molecule has 3 heterocycles. The summed E-state index contributed by atoms with van der Waals surface area (Å²) in [6, 6.07) is 3.42. The summed E-state index contributed by atoms with van der Waals surface area (Å²) in [6.45, 7) is 5.95. The van der Waals surface area contributed by atoms with Gasteiger partial charge in [-0.15, -0.1) is 21.5 Å². The molecule has 11 heteroatoms. The first-order valence-electron chi connectivity index (χ1n) is 9.11. The van der Waals surface area contributed by atoms with Crippen molar-refractivity contribution < 1.29 is 18.0 Å². The molecule has 158 valence electrons. The van der Waals surface area contributed by atoms with Gasteiger partial charge in [-0.05, 0) is 32.4 Å². The fourth-order valence-electron chi connectivity index (χ4n) is 3.56. The van der Waals surface area contributed by atoms with Crippen molar-refractivity contribution in [1.82, 2.24) is 24.6 Å². The number of amides is 1. The number of halogens is 4. The summed E-state index contributed by atoms with van der Waals surface area (Å²) in [5.74, 6) is 0.321. The summed E-state index contributed by atoms with van der Waals surface area (Å²) in [4.78, 5) is 19.8. The van der Waals surface area contributed by atoms with Gasteiger partial charge in [-0.3, -0.25) is 4.79 Å². The van der Waals surface area contributed by atoms with Crippen LogP contribution >= 0.6 is 22.9 Å². The number of hydrogen-bond donors (Lipinski definition) is 0. The van der Waals surface area contributed by atoms with E-state index in [2.05, 4.69) is 15.2 Å². The van der Waals surface area contributed by atoms with Crippen LogP contribution in [0.2, 0.25) is 5.02 Å². The first-order chi connectivity index (χ1) is 14.1. The smallest absolute Gasteiger partial charge is 0.327 e. The molecule has 30 heavy (non-hydrogen) atoms. The van der Waals surface area contributed by atoms with Crippen molar-refractivity contribution in [1.29, 1.82) is 0 Å². The van der Waals surface area contributed by atoms with Crippen LogP contribution in [0.4, 0.5) is 13.2 Å². The lowest BCUT2D eigenvalue weighted by molar-refractivity contribution is -0.137. The Kier molecular flexibility index (Phi) is 5.09. The predicted molar refractivity (Wildman–Crippen MR) is 106 cm³/mol. The molecule has 0 aliphatic carbocycles. The molecule has 0 spiro atoms. The average molecular weight is 456 g/mol. The fraction of sp³-hybridized carbons (Fsp3) is 0.368. The van der Waals surface area contributed by atoms with Crippen molar-refractivity contribution >= 4 is 28.8 Å². The Hall–Kier alpha value is -2.46. The van der Waals surface area contributed by atoms with Gasteiger partial charge in [0.05, 0.1) is 26.2 Å². The SMILES string of the molecule is Cc1nc(C)c(-c2nnc3n2C[C@H](C)N(Cc2cccc(C(F)(F)F)c2Cl)C3=O)s1. The number of rotatable bonds is 3. The van der Waals surface area contributed by atoms with E-state index < -0.39 is 22.7 Å². The number of aryl methyl sites for hydroxylation is 2. The summed E-state index contributed by atoms with van der Waals surface area (Å²) in [5, 5.41) is 8.74. The van der Waals surface area contributed by atoms with E-state index in [1.54, 1.807) is 4.57 Å². The van der Waals surface area contributed by atoms with Gasteiger partial charge in [-0.2, -0.15) is 13.2 Å². The quantitative estimate of drug-likeness (QED) is 0.572. The van der Waals surface area contributed by atoms with Crippen LogP contribution in [-0.4, -0.2) is 36.6 Å². The number of carbonyl (C=O) groups excluding carboxylic acids is 1. The van der Waals surface area contributed by atoms with Crippen molar-refractivity contribution in [3.8, 4) is 10.7 Å². The lowest BCUT2D eigenvalue weighted by atomic mass is 10.1. The predicted octanol–water partition coefficient (Wildman–Crippen LogP) is 4.74. The molecular weight excluding hydrogens is 439 g/mol. The van der Waals surface area contributed by atoms with Crippen LogP contribution in [0.1, 0.15) is 39.4 Å². The highest BCUT2D eigenvalue weighted by atomic mass is 35.5. The number of carbonyl (C=O) groups is 1. The van der Waals surface area contributed by atoms with Gasteiger partial charge >= 0.3 is 6.18 Å². The second kappa shape index (κ2) is 7.35. The summed E-state index contributed by atoms with van der Waals surface area (Å²) in [5.41, 5.74) is 0.125. The van der Waals surface area contributed by atoms with E-state index in [0.29, 0.717) is 12.4 Å². The summed E-state index contributed by atoms with van der Waals surface area (Å²) in [6.07, 6.45) is -4.57. The van der Waals surface area contributed by atoms with Crippen molar-refractivity contribution in [3.05, 3.63) is 50.9 Å². The Morgan fingerprint density at radius 3 is 2.57 bits per heavy atom. The first-order valence-corrected chi connectivity index (χ1v) is 10.3. The third-order valence-electron chi connectivity index (χ3n) is 5.01. The van der Waals surface area contributed by atoms with Crippen molar-refractivity contribution in [2.24, 2.45) is 0 Å². The van der Waals surface area contributed by atoms with Gasteiger partial charge in [0.2, 0.25) is 5.82 Å². The fourth-order valence-corrected chi connectivity index (χ4v) is 4.77. The number of hydrogen-bond acceptors (Lipinski definition) is 5. The lowest BCUT2D eigenvalue weighted by Gasteiger charge is -2.34. The zero-order valence-electron chi connectivity index (χ0n) is 16.3. The summed E-state index contributed by atoms with van der Waals surface area (Å²) in [7, 11) is 0. The molecule has 1 aliphatic heterocycles. The highest BCUT2D eigenvalue weighted by Gasteiger charge is 2.37. The Balaban J connectivity index is 1.67. The van der Waals surface area contributed by atoms with Gasteiger partial charge in [-0.25, -0.2) is 4.98 Å². The number of fused-ring (bicyclic) bond motifs is 1. The highest BCUT2D eigenvalue weighted by molar-refractivity contribution is 7.15. The molecule has 1 aromatic carbocycles. The molecule has 0 bridgehead atoms. The number of benzene rings is 1. The van der Waals surface area contributed by atoms with E-state index in [4.69, 9.17) is 11.6 Å². The monoisotopic (exact) mass is 455 g/mol. The number of thiazole rings is 1. The van der Waals surface area contributed by atoms with Crippen LogP contribution in [0, 0.1) is 13.8 Å². The second-order valence-electron chi connectivity index (χ2n) is 7.16. The van der Waals surface area contributed by atoms with E-state index in [0.717, 1.165) is 21.6 Å². The van der Waals surface area contributed by atoms with Crippen LogP contribution in [0.25, 0.3) is 10.7 Å². The Morgan fingerprint density at radius 1 is 1.23 bits per heavy atom.